The van der Waals surface area contributed by atoms with Crippen molar-refractivity contribution in [1.82, 2.24) is 0 Å². The first-order valence-electron chi connectivity index (χ1n) is 19.3. The van der Waals surface area contributed by atoms with Crippen molar-refractivity contribution in [1.29, 1.82) is 5.26 Å². The number of benzene rings is 6. The van der Waals surface area contributed by atoms with Crippen LogP contribution in [0.2, 0.25) is 0 Å². The molecule has 0 bridgehead atoms. The average Bonchev–Trinajstić information content (AvgIpc) is 3.24. The second-order valence-corrected chi connectivity index (χ2v) is 15.0. The van der Waals surface area contributed by atoms with Crippen LogP contribution in [0.5, 0.6) is 0 Å². The highest BCUT2D eigenvalue weighted by Gasteiger charge is 2.17. The Morgan fingerprint density at radius 1 is 0.407 bits per heavy atom. The molecule has 9 nitrogen and oxygen atoms in total. The lowest BCUT2D eigenvalue weighted by Crippen LogP contribution is -2.13. The van der Waals surface area contributed by atoms with Crippen LogP contribution in [0, 0.1) is 11.3 Å². The third kappa shape index (κ3) is 9.58. The van der Waals surface area contributed by atoms with Gasteiger partial charge in [-0.25, -0.2) is 4.79 Å². The summed E-state index contributed by atoms with van der Waals surface area (Å²) in [5.74, 6) is -1.28. The smallest absolute Gasteiger partial charge is 0.346 e. The van der Waals surface area contributed by atoms with Crippen LogP contribution in [0.15, 0.2) is 163 Å². The Bertz CT molecular complexity index is 2190. The molecule has 0 amide bonds. The number of hydrogen-bond donors (Lipinski definition) is 1. The molecule has 6 rings (SSSR count). The van der Waals surface area contributed by atoms with Crippen molar-refractivity contribution < 1.29 is 9.90 Å². The molecule has 0 aliphatic carbocycles. The molecule has 0 fully saturated rings. The lowest BCUT2D eigenvalue weighted by atomic mass is 9.96. The highest BCUT2D eigenvalue weighted by Crippen LogP contribution is 2.39. The van der Waals surface area contributed by atoms with E-state index in [0.717, 1.165) is 73.6 Å². The standard InChI is InChI=1S/C50H51N7O2/c1-52(2)39-18-26-45(27-19-39)56(46-28-20-40(21-29-46)53(3)4)43-14-9-36(10-15-43)49(34-13-38(35-51)50(58)59)37-11-16-44(17-12-37)57(47-30-22-41(23-31-47)54(5)6)48-32-24-42(25-33-48)55(7)8/h9-34H,1-8H3,(H,58,59)/b38-13+. The van der Waals surface area contributed by atoms with Gasteiger partial charge in [-0.1, -0.05) is 30.3 Å². The summed E-state index contributed by atoms with van der Waals surface area (Å²) in [6, 6.07) is 52.0. The van der Waals surface area contributed by atoms with E-state index in [0.29, 0.717) is 0 Å². The summed E-state index contributed by atoms with van der Waals surface area (Å²) in [6.45, 7) is 0. The maximum atomic E-state index is 11.9. The normalized spacial score (nSPS) is 10.9. The molecule has 298 valence electrons. The van der Waals surface area contributed by atoms with E-state index < -0.39 is 5.97 Å². The Labute approximate surface area is 348 Å². The zero-order valence-corrected chi connectivity index (χ0v) is 35.0. The Balaban J connectivity index is 1.42. The average molecular weight is 782 g/mol. The molecular formula is C50H51N7O2. The van der Waals surface area contributed by atoms with E-state index in [1.54, 1.807) is 6.08 Å². The third-order valence-corrected chi connectivity index (χ3v) is 10.1. The SMILES string of the molecule is CN(C)c1ccc(N(c2ccc(C(=C/C=C(\C#N)C(=O)O)c3ccc(N(c4ccc(N(C)C)cc4)c4ccc(N(C)C)cc4)cc3)cc2)c2ccc(N(C)C)cc2)cc1. The van der Waals surface area contributed by atoms with Crippen molar-refractivity contribution in [2.75, 3.05) is 85.8 Å². The van der Waals surface area contributed by atoms with Crippen molar-refractivity contribution in [3.05, 3.63) is 174 Å². The lowest BCUT2D eigenvalue weighted by Gasteiger charge is -2.27. The number of nitriles is 1. The van der Waals surface area contributed by atoms with E-state index in [2.05, 4.69) is 151 Å². The van der Waals surface area contributed by atoms with E-state index in [9.17, 15) is 15.2 Å². The fourth-order valence-electron chi connectivity index (χ4n) is 6.76. The molecule has 6 aromatic rings. The largest absolute Gasteiger partial charge is 0.477 e. The highest BCUT2D eigenvalue weighted by molar-refractivity contribution is 5.93. The van der Waals surface area contributed by atoms with Crippen LogP contribution in [0.3, 0.4) is 0 Å². The summed E-state index contributed by atoms with van der Waals surface area (Å²) in [7, 11) is 16.2. The predicted octanol–water partition coefficient (Wildman–Crippen LogP) is 10.9. The van der Waals surface area contributed by atoms with Crippen LogP contribution in [-0.2, 0) is 4.79 Å². The monoisotopic (exact) mass is 781 g/mol. The minimum Gasteiger partial charge on any atom is -0.477 e. The van der Waals surface area contributed by atoms with Gasteiger partial charge in [0.1, 0.15) is 11.6 Å². The molecule has 0 saturated carbocycles. The number of aliphatic carboxylic acids is 1. The van der Waals surface area contributed by atoms with E-state index >= 15 is 0 Å². The zero-order chi connectivity index (χ0) is 42.2. The molecule has 0 spiro atoms. The van der Waals surface area contributed by atoms with Gasteiger partial charge in [-0.15, -0.1) is 0 Å². The van der Waals surface area contributed by atoms with Crippen molar-refractivity contribution in [2.24, 2.45) is 0 Å². The van der Waals surface area contributed by atoms with Crippen LogP contribution in [0.1, 0.15) is 11.1 Å². The second kappa shape index (κ2) is 18.2. The van der Waals surface area contributed by atoms with Crippen molar-refractivity contribution in [2.45, 2.75) is 0 Å². The van der Waals surface area contributed by atoms with Crippen LogP contribution in [-0.4, -0.2) is 67.5 Å². The van der Waals surface area contributed by atoms with Gasteiger partial charge >= 0.3 is 5.97 Å². The maximum absolute atomic E-state index is 11.9. The number of carboxylic acids is 1. The van der Waals surface area contributed by atoms with Crippen molar-refractivity contribution in [3.63, 3.8) is 0 Å². The third-order valence-electron chi connectivity index (χ3n) is 10.1. The summed E-state index contributed by atoms with van der Waals surface area (Å²) >= 11 is 0. The van der Waals surface area contributed by atoms with Gasteiger partial charge in [-0.05, 0) is 144 Å². The molecule has 9 heteroatoms. The van der Waals surface area contributed by atoms with E-state index in [1.807, 2.05) is 86.7 Å². The summed E-state index contributed by atoms with van der Waals surface area (Å²) in [6.07, 6.45) is 3.08. The minimum absolute atomic E-state index is 0.349. The summed E-state index contributed by atoms with van der Waals surface area (Å²) < 4.78 is 0. The fraction of sp³-hybridized carbons (Fsp3) is 0.160. The molecule has 0 radical (unpaired) electrons. The molecule has 0 aliphatic heterocycles. The van der Waals surface area contributed by atoms with Gasteiger partial charge in [0.05, 0.1) is 0 Å². The number of nitrogens with zero attached hydrogens (tertiary/aromatic N) is 7. The molecule has 6 aromatic carbocycles. The van der Waals surface area contributed by atoms with Crippen LogP contribution < -0.4 is 29.4 Å². The Morgan fingerprint density at radius 2 is 0.627 bits per heavy atom. The summed E-state index contributed by atoms with van der Waals surface area (Å²) in [5.41, 5.74) is 12.5. The first-order chi connectivity index (χ1) is 28.3. The molecule has 0 aromatic heterocycles. The first kappa shape index (κ1) is 41.2. The molecular weight excluding hydrogens is 731 g/mol. The van der Waals surface area contributed by atoms with Gasteiger partial charge < -0.3 is 34.5 Å². The van der Waals surface area contributed by atoms with Gasteiger partial charge in [0.15, 0.2) is 0 Å². The van der Waals surface area contributed by atoms with Gasteiger partial charge in [-0.3, -0.25) is 0 Å². The van der Waals surface area contributed by atoms with E-state index in [1.165, 1.54) is 6.08 Å². The highest BCUT2D eigenvalue weighted by atomic mass is 16.4. The van der Waals surface area contributed by atoms with Crippen molar-refractivity contribution >= 4 is 68.4 Å². The molecule has 0 heterocycles. The van der Waals surface area contributed by atoms with E-state index in [4.69, 9.17) is 0 Å². The molecule has 59 heavy (non-hydrogen) atoms. The minimum atomic E-state index is -1.28. The van der Waals surface area contributed by atoms with Crippen LogP contribution in [0.4, 0.5) is 56.9 Å². The fourth-order valence-corrected chi connectivity index (χ4v) is 6.76. The molecule has 0 unspecified atom stereocenters. The number of anilines is 10. The van der Waals surface area contributed by atoms with Gasteiger partial charge in [0, 0.05) is 113 Å². The lowest BCUT2D eigenvalue weighted by molar-refractivity contribution is -0.132. The number of hydrogen-bond acceptors (Lipinski definition) is 8. The quantitative estimate of drug-likeness (QED) is 0.0660. The number of carbonyl (C=O) groups is 1. The summed E-state index contributed by atoms with van der Waals surface area (Å²) in [4.78, 5) is 24.6. The molecule has 1 N–H and O–H groups in total. The van der Waals surface area contributed by atoms with Gasteiger partial charge in [0.2, 0.25) is 0 Å². The number of carboxylic acid groups (broad SMARTS) is 1. The Kier molecular flexibility index (Phi) is 12.7. The molecule has 0 atom stereocenters. The van der Waals surface area contributed by atoms with Crippen LogP contribution in [0.25, 0.3) is 5.57 Å². The van der Waals surface area contributed by atoms with Gasteiger partial charge in [-0.2, -0.15) is 5.26 Å². The van der Waals surface area contributed by atoms with Crippen molar-refractivity contribution in [3.8, 4) is 6.07 Å². The first-order valence-corrected chi connectivity index (χ1v) is 19.3. The Hall–Kier alpha value is -7.44. The summed E-state index contributed by atoms with van der Waals surface area (Å²) in [5, 5.41) is 19.3. The number of allylic oxidation sites excluding steroid dienone is 2. The zero-order valence-electron chi connectivity index (χ0n) is 35.0. The molecule has 0 aliphatic rings. The maximum Gasteiger partial charge on any atom is 0.346 e. The molecule has 0 saturated heterocycles. The number of rotatable bonds is 14. The van der Waals surface area contributed by atoms with Crippen LogP contribution >= 0.6 is 0 Å². The van der Waals surface area contributed by atoms with E-state index in [-0.39, 0.29) is 5.57 Å². The van der Waals surface area contributed by atoms with Gasteiger partial charge in [0.25, 0.3) is 0 Å². The topological polar surface area (TPSA) is 80.5 Å². The second-order valence-electron chi connectivity index (χ2n) is 15.0. The predicted molar refractivity (Wildman–Crippen MR) is 248 cm³/mol. The Morgan fingerprint density at radius 3 is 0.831 bits per heavy atom.